The number of cyclic esters (lactones) is 1. The summed E-state index contributed by atoms with van der Waals surface area (Å²) in [6, 6.07) is 12.4. The molecule has 2 amide bonds. The summed E-state index contributed by atoms with van der Waals surface area (Å²) in [7, 11) is 0. The van der Waals surface area contributed by atoms with Gasteiger partial charge in [0.15, 0.2) is 5.78 Å². The average molecular weight is 356 g/mol. The number of nitrogens with one attached hydrogen (secondary N) is 1. The Hall–Kier alpha value is -3.22. The molecular formula is C19H17FN2O4. The molecule has 6 nitrogen and oxygen atoms in total. The molecule has 0 unspecified atom stereocenters. The van der Waals surface area contributed by atoms with Crippen LogP contribution in [-0.4, -0.2) is 30.9 Å². The maximum atomic E-state index is 13.5. The van der Waals surface area contributed by atoms with Crippen molar-refractivity contribution >= 4 is 29.2 Å². The zero-order valence-electron chi connectivity index (χ0n) is 13.9. The van der Waals surface area contributed by atoms with Gasteiger partial charge in [0.2, 0.25) is 5.91 Å². The van der Waals surface area contributed by atoms with Crippen molar-refractivity contribution in [1.29, 1.82) is 0 Å². The second kappa shape index (κ2) is 7.77. The van der Waals surface area contributed by atoms with Crippen LogP contribution in [0.15, 0.2) is 48.5 Å². The minimum absolute atomic E-state index is 0.0119. The van der Waals surface area contributed by atoms with Crippen LogP contribution in [0.4, 0.5) is 20.6 Å². The third kappa shape index (κ3) is 4.05. The van der Waals surface area contributed by atoms with E-state index in [1.807, 2.05) is 0 Å². The van der Waals surface area contributed by atoms with Crippen LogP contribution in [0.1, 0.15) is 23.2 Å². The van der Waals surface area contributed by atoms with Crippen LogP contribution in [0.5, 0.6) is 0 Å². The molecule has 1 aliphatic heterocycles. The van der Waals surface area contributed by atoms with Crippen molar-refractivity contribution in [2.75, 3.05) is 23.4 Å². The fourth-order valence-corrected chi connectivity index (χ4v) is 2.63. The van der Waals surface area contributed by atoms with E-state index in [9.17, 15) is 18.8 Å². The van der Waals surface area contributed by atoms with E-state index in [-0.39, 0.29) is 24.3 Å². The van der Waals surface area contributed by atoms with Crippen molar-refractivity contribution < 1.29 is 23.5 Å². The van der Waals surface area contributed by atoms with Gasteiger partial charge in [-0.2, -0.15) is 0 Å². The highest BCUT2D eigenvalue weighted by atomic mass is 19.1. The van der Waals surface area contributed by atoms with Gasteiger partial charge in [0, 0.05) is 24.2 Å². The Kier molecular flexibility index (Phi) is 5.26. The van der Waals surface area contributed by atoms with Crippen molar-refractivity contribution in [3.63, 3.8) is 0 Å². The maximum absolute atomic E-state index is 13.5. The number of ether oxygens (including phenoxy) is 1. The molecule has 0 bridgehead atoms. The number of hydrogen-bond donors (Lipinski definition) is 1. The minimum Gasteiger partial charge on any atom is -0.447 e. The summed E-state index contributed by atoms with van der Waals surface area (Å²) in [6.45, 7) is 0.843. The molecule has 7 heteroatoms. The first-order valence-corrected chi connectivity index (χ1v) is 8.16. The van der Waals surface area contributed by atoms with Crippen molar-refractivity contribution in [1.82, 2.24) is 0 Å². The van der Waals surface area contributed by atoms with Gasteiger partial charge in [-0.3, -0.25) is 14.5 Å². The summed E-state index contributed by atoms with van der Waals surface area (Å²) in [5.74, 6) is -1.35. The summed E-state index contributed by atoms with van der Waals surface area (Å²) >= 11 is 0. The minimum atomic E-state index is -0.589. The number of carbonyl (C=O) groups is 3. The fraction of sp³-hybridized carbons (Fsp3) is 0.211. The summed E-state index contributed by atoms with van der Waals surface area (Å²) < 4.78 is 18.4. The first-order chi connectivity index (χ1) is 12.5. The largest absolute Gasteiger partial charge is 0.447 e. The molecule has 1 fully saturated rings. The van der Waals surface area contributed by atoms with Crippen LogP contribution in [0, 0.1) is 5.82 Å². The Morgan fingerprint density at radius 3 is 2.46 bits per heavy atom. The van der Waals surface area contributed by atoms with Gasteiger partial charge >= 0.3 is 6.09 Å². The fourth-order valence-electron chi connectivity index (χ4n) is 2.63. The number of Topliss-reactive ketones (excluding diaryl/α,β-unsaturated/α-hetero) is 1. The molecule has 0 aromatic heterocycles. The number of nitrogens with zero attached hydrogens (tertiary/aromatic N) is 1. The maximum Gasteiger partial charge on any atom is 0.414 e. The molecule has 2 aromatic carbocycles. The van der Waals surface area contributed by atoms with Crippen LogP contribution in [0.3, 0.4) is 0 Å². The van der Waals surface area contributed by atoms with E-state index in [2.05, 4.69) is 5.32 Å². The van der Waals surface area contributed by atoms with Gasteiger partial charge in [-0.05, 0) is 36.4 Å². The summed E-state index contributed by atoms with van der Waals surface area (Å²) in [5, 5.41) is 2.67. The summed E-state index contributed by atoms with van der Waals surface area (Å²) in [5.41, 5.74) is 1.21. The monoisotopic (exact) mass is 356 g/mol. The number of rotatable bonds is 6. The molecule has 0 saturated carbocycles. The topological polar surface area (TPSA) is 75.7 Å². The molecular weight excluding hydrogens is 339 g/mol. The number of hydrogen-bond acceptors (Lipinski definition) is 4. The van der Waals surface area contributed by atoms with E-state index in [0.717, 1.165) is 0 Å². The second-order valence-corrected chi connectivity index (χ2v) is 5.76. The lowest BCUT2D eigenvalue weighted by Crippen LogP contribution is -2.23. The van der Waals surface area contributed by atoms with Crippen LogP contribution in [0.25, 0.3) is 0 Å². The van der Waals surface area contributed by atoms with Gasteiger partial charge in [0.1, 0.15) is 12.4 Å². The van der Waals surface area contributed by atoms with Crippen molar-refractivity contribution in [2.45, 2.75) is 12.8 Å². The Morgan fingerprint density at radius 1 is 1.08 bits per heavy atom. The highest BCUT2D eigenvalue weighted by Crippen LogP contribution is 2.21. The van der Waals surface area contributed by atoms with Gasteiger partial charge in [-0.15, -0.1) is 0 Å². The molecule has 0 aliphatic carbocycles. The lowest BCUT2D eigenvalue weighted by Gasteiger charge is -2.13. The molecule has 0 radical (unpaired) electrons. The Bertz CT molecular complexity index is 836. The predicted molar refractivity (Wildman–Crippen MR) is 93.7 cm³/mol. The number of ketones is 1. The van der Waals surface area contributed by atoms with E-state index in [1.54, 1.807) is 30.3 Å². The molecule has 2 aromatic rings. The molecule has 3 rings (SSSR count). The van der Waals surface area contributed by atoms with Crippen molar-refractivity contribution in [3.05, 3.63) is 59.9 Å². The smallest absolute Gasteiger partial charge is 0.414 e. The van der Waals surface area contributed by atoms with Crippen LogP contribution < -0.4 is 10.2 Å². The molecule has 134 valence electrons. The molecule has 1 aliphatic rings. The van der Waals surface area contributed by atoms with Crippen LogP contribution in [-0.2, 0) is 9.53 Å². The average Bonchev–Trinajstić information content (AvgIpc) is 3.07. The Morgan fingerprint density at radius 2 is 1.81 bits per heavy atom. The van der Waals surface area contributed by atoms with Gasteiger partial charge in [-0.25, -0.2) is 9.18 Å². The lowest BCUT2D eigenvalue weighted by molar-refractivity contribution is -0.116. The van der Waals surface area contributed by atoms with Gasteiger partial charge in [0.05, 0.1) is 12.1 Å². The number of anilines is 2. The molecule has 1 N–H and O–H groups in total. The highest BCUT2D eigenvalue weighted by Gasteiger charge is 2.23. The molecule has 0 spiro atoms. The first kappa shape index (κ1) is 17.6. The van der Waals surface area contributed by atoms with E-state index in [0.29, 0.717) is 24.5 Å². The SMILES string of the molecule is O=C(CCC(=O)c1ccccc1F)Nc1ccc(N2CCOC2=O)cc1. The third-order valence-corrected chi connectivity index (χ3v) is 3.98. The van der Waals surface area contributed by atoms with Crippen LogP contribution >= 0.6 is 0 Å². The molecule has 0 atom stereocenters. The van der Waals surface area contributed by atoms with E-state index < -0.39 is 17.7 Å². The van der Waals surface area contributed by atoms with Gasteiger partial charge in [-0.1, -0.05) is 12.1 Å². The Labute approximate surface area is 149 Å². The lowest BCUT2D eigenvalue weighted by atomic mass is 10.1. The number of halogens is 1. The van der Waals surface area contributed by atoms with E-state index in [1.165, 1.54) is 23.1 Å². The number of carbonyl (C=O) groups excluding carboxylic acids is 3. The molecule has 1 heterocycles. The second-order valence-electron chi connectivity index (χ2n) is 5.76. The third-order valence-electron chi connectivity index (χ3n) is 3.98. The van der Waals surface area contributed by atoms with Gasteiger partial charge in [0.25, 0.3) is 0 Å². The predicted octanol–water partition coefficient (Wildman–Crippen LogP) is 3.38. The standard InChI is InChI=1S/C19H17FN2O4/c20-16-4-2-1-3-15(16)17(23)9-10-18(24)21-13-5-7-14(8-6-13)22-11-12-26-19(22)25/h1-8H,9-12H2,(H,21,24). The summed E-state index contributed by atoms with van der Waals surface area (Å²) in [6.07, 6.45) is -0.522. The Balaban J connectivity index is 1.52. The van der Waals surface area contributed by atoms with Crippen molar-refractivity contribution in [3.8, 4) is 0 Å². The molecule has 1 saturated heterocycles. The number of benzene rings is 2. The van der Waals surface area contributed by atoms with E-state index >= 15 is 0 Å². The quantitative estimate of drug-likeness (QED) is 0.805. The molecule has 26 heavy (non-hydrogen) atoms. The number of amides is 2. The highest BCUT2D eigenvalue weighted by molar-refractivity contribution is 6.00. The zero-order valence-corrected chi connectivity index (χ0v) is 13.9. The van der Waals surface area contributed by atoms with Gasteiger partial charge < -0.3 is 10.1 Å². The van der Waals surface area contributed by atoms with E-state index in [4.69, 9.17) is 4.74 Å². The first-order valence-electron chi connectivity index (χ1n) is 8.16. The summed E-state index contributed by atoms with van der Waals surface area (Å²) in [4.78, 5) is 37.0. The van der Waals surface area contributed by atoms with Crippen LogP contribution in [0.2, 0.25) is 0 Å². The van der Waals surface area contributed by atoms with Crippen molar-refractivity contribution in [2.24, 2.45) is 0 Å². The normalized spacial score (nSPS) is 13.4. The zero-order chi connectivity index (χ0) is 18.5.